The second kappa shape index (κ2) is 10.6. The summed E-state index contributed by atoms with van der Waals surface area (Å²) < 4.78 is 0. The van der Waals surface area contributed by atoms with E-state index in [1.807, 2.05) is 61.4 Å². The van der Waals surface area contributed by atoms with E-state index in [9.17, 15) is 14.4 Å². The molecule has 1 aromatic carbocycles. The highest BCUT2D eigenvalue weighted by Crippen LogP contribution is 2.24. The Bertz CT molecular complexity index is 905. The molecule has 3 amide bonds. The highest BCUT2D eigenvalue weighted by Gasteiger charge is 2.34. The summed E-state index contributed by atoms with van der Waals surface area (Å²) in [5.74, 6) is -0.383. The molecule has 1 aliphatic heterocycles. The van der Waals surface area contributed by atoms with E-state index in [0.29, 0.717) is 31.5 Å². The number of nitrogens with zero attached hydrogens (tertiary/aromatic N) is 1. The van der Waals surface area contributed by atoms with Crippen molar-refractivity contribution in [2.24, 2.45) is 5.92 Å². The zero-order valence-corrected chi connectivity index (χ0v) is 19.2. The number of nitrogens with one attached hydrogen (secondary N) is 2. The Morgan fingerprint density at radius 2 is 1.87 bits per heavy atom. The number of amides is 3. The van der Waals surface area contributed by atoms with Gasteiger partial charge in [0.15, 0.2) is 0 Å². The summed E-state index contributed by atoms with van der Waals surface area (Å²) in [7, 11) is 0. The maximum atomic E-state index is 13.0. The third-order valence-corrected chi connectivity index (χ3v) is 6.74. The molecule has 0 bridgehead atoms. The number of thiophene rings is 1. The largest absolute Gasteiger partial charge is 0.352 e. The van der Waals surface area contributed by atoms with Gasteiger partial charge in [0.2, 0.25) is 5.91 Å². The zero-order chi connectivity index (χ0) is 22.4. The van der Waals surface area contributed by atoms with Gasteiger partial charge < -0.3 is 15.5 Å². The molecule has 0 radical (unpaired) electrons. The van der Waals surface area contributed by atoms with Crippen molar-refractivity contribution in [2.75, 3.05) is 13.1 Å². The number of hydrogen-bond acceptors (Lipinski definition) is 4. The number of rotatable bonds is 7. The third kappa shape index (κ3) is 5.94. The molecule has 1 aromatic heterocycles. The van der Waals surface area contributed by atoms with E-state index < -0.39 is 6.04 Å². The summed E-state index contributed by atoms with van der Waals surface area (Å²) >= 11 is 1.44. The van der Waals surface area contributed by atoms with Crippen LogP contribution in [-0.4, -0.2) is 47.8 Å². The van der Waals surface area contributed by atoms with Crippen molar-refractivity contribution in [3.8, 4) is 0 Å². The molecule has 0 spiro atoms. The second-order valence-electron chi connectivity index (χ2n) is 8.25. The van der Waals surface area contributed by atoms with Crippen LogP contribution in [-0.2, 0) is 4.79 Å². The van der Waals surface area contributed by atoms with Gasteiger partial charge in [0.1, 0.15) is 6.04 Å². The molecule has 6 nitrogen and oxygen atoms in total. The molecule has 1 aliphatic rings. The molecular weight excluding hydrogens is 410 g/mol. The van der Waals surface area contributed by atoms with Crippen LogP contribution in [0.2, 0.25) is 0 Å². The van der Waals surface area contributed by atoms with Crippen molar-refractivity contribution in [1.29, 1.82) is 0 Å². The monoisotopic (exact) mass is 441 g/mol. The lowest BCUT2D eigenvalue weighted by molar-refractivity contribution is -0.125. The van der Waals surface area contributed by atoms with Gasteiger partial charge >= 0.3 is 0 Å². The van der Waals surface area contributed by atoms with Crippen molar-refractivity contribution in [2.45, 2.75) is 52.1 Å². The molecule has 2 atom stereocenters. The molecule has 2 aromatic rings. The molecule has 2 heterocycles. The van der Waals surface area contributed by atoms with E-state index in [-0.39, 0.29) is 29.7 Å². The van der Waals surface area contributed by atoms with E-state index in [4.69, 9.17) is 0 Å². The van der Waals surface area contributed by atoms with Crippen LogP contribution in [0.15, 0.2) is 41.8 Å². The standard InChI is InChI=1S/C24H31N3O3S/c1-4-17(3)25-23(29)21(26-22(28)19-8-5-7-16(2)15-19)18-10-12-27(13-11-18)24(30)20-9-6-14-31-20/h5-9,14-15,17-18,21H,4,10-13H2,1-3H3,(H,25,29)(H,26,28)/t17-,21+/m1/s1. The molecule has 166 valence electrons. The predicted octanol–water partition coefficient (Wildman–Crippen LogP) is 3.62. The van der Waals surface area contributed by atoms with Crippen molar-refractivity contribution in [3.63, 3.8) is 0 Å². The average Bonchev–Trinajstić information content (AvgIpc) is 3.31. The minimum Gasteiger partial charge on any atom is -0.352 e. The highest BCUT2D eigenvalue weighted by molar-refractivity contribution is 7.12. The van der Waals surface area contributed by atoms with Crippen LogP contribution in [0.25, 0.3) is 0 Å². The fourth-order valence-corrected chi connectivity index (χ4v) is 4.53. The first kappa shape index (κ1) is 23.0. The Balaban J connectivity index is 1.70. The summed E-state index contributed by atoms with van der Waals surface area (Å²) in [6.45, 7) is 7.06. The van der Waals surface area contributed by atoms with Crippen LogP contribution < -0.4 is 10.6 Å². The maximum Gasteiger partial charge on any atom is 0.263 e. The molecule has 0 saturated carbocycles. The number of benzene rings is 1. The lowest BCUT2D eigenvalue weighted by atomic mass is 9.88. The summed E-state index contributed by atoms with van der Waals surface area (Å²) in [6, 6.07) is 10.5. The molecular formula is C24H31N3O3S. The average molecular weight is 442 g/mol. The van der Waals surface area contributed by atoms with Crippen LogP contribution >= 0.6 is 11.3 Å². The Kier molecular flexibility index (Phi) is 7.85. The van der Waals surface area contributed by atoms with Gasteiger partial charge in [-0.25, -0.2) is 0 Å². The summed E-state index contributed by atoms with van der Waals surface area (Å²) in [5.41, 5.74) is 1.54. The Morgan fingerprint density at radius 3 is 2.48 bits per heavy atom. The zero-order valence-electron chi connectivity index (χ0n) is 18.4. The molecule has 0 unspecified atom stereocenters. The smallest absolute Gasteiger partial charge is 0.263 e. The molecule has 1 saturated heterocycles. The SMILES string of the molecule is CC[C@@H](C)NC(=O)[C@@H](NC(=O)c1cccc(C)c1)C1CCN(C(=O)c2cccs2)CC1. The molecule has 3 rings (SSSR count). The van der Waals surface area contributed by atoms with Crippen molar-refractivity contribution in [3.05, 3.63) is 57.8 Å². The number of carbonyl (C=O) groups is 3. The lowest BCUT2D eigenvalue weighted by Crippen LogP contribution is -2.55. The second-order valence-corrected chi connectivity index (χ2v) is 9.19. The normalized spacial score (nSPS) is 16.4. The van der Waals surface area contributed by atoms with Gasteiger partial charge in [0.25, 0.3) is 11.8 Å². The van der Waals surface area contributed by atoms with Gasteiger partial charge in [-0.3, -0.25) is 14.4 Å². The number of piperidine rings is 1. The number of likely N-dealkylation sites (tertiary alicyclic amines) is 1. The molecule has 0 aliphatic carbocycles. The van der Waals surface area contributed by atoms with Crippen LogP contribution in [0, 0.1) is 12.8 Å². The summed E-state index contributed by atoms with van der Waals surface area (Å²) in [5, 5.41) is 7.90. The Labute approximate surface area is 188 Å². The summed E-state index contributed by atoms with van der Waals surface area (Å²) in [4.78, 5) is 41.1. The van der Waals surface area contributed by atoms with E-state index >= 15 is 0 Å². The van der Waals surface area contributed by atoms with Gasteiger partial charge in [-0.2, -0.15) is 0 Å². The first-order chi connectivity index (χ1) is 14.9. The van der Waals surface area contributed by atoms with Crippen LogP contribution in [0.4, 0.5) is 0 Å². The quantitative estimate of drug-likeness (QED) is 0.689. The predicted molar refractivity (Wildman–Crippen MR) is 123 cm³/mol. The first-order valence-electron chi connectivity index (χ1n) is 10.9. The number of carbonyl (C=O) groups excluding carboxylic acids is 3. The fourth-order valence-electron chi connectivity index (χ4n) is 3.84. The molecule has 7 heteroatoms. The number of hydrogen-bond donors (Lipinski definition) is 2. The van der Waals surface area contributed by atoms with E-state index in [0.717, 1.165) is 16.9 Å². The summed E-state index contributed by atoms with van der Waals surface area (Å²) in [6.07, 6.45) is 2.16. The van der Waals surface area contributed by atoms with Crippen LogP contribution in [0.3, 0.4) is 0 Å². The topological polar surface area (TPSA) is 78.5 Å². The maximum absolute atomic E-state index is 13.0. The lowest BCUT2D eigenvalue weighted by Gasteiger charge is -2.36. The van der Waals surface area contributed by atoms with Crippen molar-refractivity contribution >= 4 is 29.1 Å². The Hall–Kier alpha value is -2.67. The minimum atomic E-state index is -0.624. The Morgan fingerprint density at radius 1 is 1.13 bits per heavy atom. The van der Waals surface area contributed by atoms with Gasteiger partial charge in [-0.15, -0.1) is 11.3 Å². The van der Waals surface area contributed by atoms with Crippen molar-refractivity contribution < 1.29 is 14.4 Å². The van der Waals surface area contributed by atoms with E-state index in [1.165, 1.54) is 11.3 Å². The molecule has 2 N–H and O–H groups in total. The first-order valence-corrected chi connectivity index (χ1v) is 11.8. The van der Waals surface area contributed by atoms with Crippen LogP contribution in [0.1, 0.15) is 58.7 Å². The van der Waals surface area contributed by atoms with Crippen LogP contribution in [0.5, 0.6) is 0 Å². The third-order valence-electron chi connectivity index (χ3n) is 5.88. The van der Waals surface area contributed by atoms with Gasteiger partial charge in [-0.1, -0.05) is 30.7 Å². The fraction of sp³-hybridized carbons (Fsp3) is 0.458. The minimum absolute atomic E-state index is 0.0230. The van der Waals surface area contributed by atoms with Gasteiger partial charge in [-0.05, 0) is 62.6 Å². The van der Waals surface area contributed by atoms with E-state index in [2.05, 4.69) is 10.6 Å². The van der Waals surface area contributed by atoms with E-state index in [1.54, 1.807) is 6.07 Å². The highest BCUT2D eigenvalue weighted by atomic mass is 32.1. The van der Waals surface area contributed by atoms with Gasteiger partial charge in [0, 0.05) is 24.7 Å². The number of aryl methyl sites for hydroxylation is 1. The molecule has 1 fully saturated rings. The van der Waals surface area contributed by atoms with Gasteiger partial charge in [0.05, 0.1) is 4.88 Å². The molecule has 31 heavy (non-hydrogen) atoms. The van der Waals surface area contributed by atoms with Crippen molar-refractivity contribution in [1.82, 2.24) is 15.5 Å².